The predicted octanol–water partition coefficient (Wildman–Crippen LogP) is 14.1. The molecule has 0 aliphatic carbocycles. The topological polar surface area (TPSA) is 151 Å². The minimum Gasteiger partial charge on any atom is -0.393 e. The summed E-state index contributed by atoms with van der Waals surface area (Å²) in [4.78, 5) is 22.9. The van der Waals surface area contributed by atoms with Crippen LogP contribution in [-0.4, -0.2) is 59.0 Å². The van der Waals surface area contributed by atoms with Crippen LogP contribution in [-0.2, 0) is 18.4 Å². The molecule has 0 aromatic carbocycles. The Morgan fingerprint density at radius 1 is 0.550 bits per heavy atom. The largest absolute Gasteiger partial charge is 0.472 e. The zero-order valence-corrected chi connectivity index (χ0v) is 40.5. The number of aliphatic hydroxyl groups excluding tert-OH is 2. The number of aliphatic hydroxyl groups is 2. The van der Waals surface area contributed by atoms with Gasteiger partial charge in [0.25, 0.3) is 0 Å². The number of allylic oxidation sites excluding steroid dienone is 2. The van der Waals surface area contributed by atoms with Gasteiger partial charge in [0.15, 0.2) is 0 Å². The molecule has 0 aromatic heterocycles. The lowest BCUT2D eigenvalue weighted by Gasteiger charge is -2.25. The number of hydrogen-bond donors (Lipinski definition) is 5. The third-order valence-corrected chi connectivity index (χ3v) is 12.9. The Hall–Kier alpha value is -0.800. The zero-order valence-electron chi connectivity index (χ0n) is 39.6. The van der Waals surface area contributed by atoms with Gasteiger partial charge in [-0.15, -0.1) is 0 Å². The van der Waals surface area contributed by atoms with Crippen LogP contribution < -0.4 is 11.1 Å². The van der Waals surface area contributed by atoms with E-state index in [2.05, 4.69) is 31.3 Å². The standard InChI is InChI=1S/C50H101N2O7P/c1-3-5-7-9-11-13-15-17-19-21-22-23-24-26-27-29-31-33-35-37-39-41-47(53)45-50(55)52-48(46-59-60(56,57)58-44-43-51)49(54)42-40-38-36-34-32-30-28-25-20-18-16-14-12-10-8-6-4-2/h26-27,47-49,53-54H,3-25,28-46,51H2,1-2H3,(H,52,55)(H,56,57)/b27-26-. The van der Waals surface area contributed by atoms with E-state index < -0.39 is 32.0 Å². The Kier molecular flexibility index (Phi) is 45.6. The van der Waals surface area contributed by atoms with E-state index >= 15 is 0 Å². The summed E-state index contributed by atoms with van der Waals surface area (Å²) in [7, 11) is -4.38. The van der Waals surface area contributed by atoms with E-state index in [1.54, 1.807) is 0 Å². The summed E-state index contributed by atoms with van der Waals surface area (Å²) in [5, 5.41) is 24.3. The molecule has 0 radical (unpaired) electrons. The highest BCUT2D eigenvalue weighted by atomic mass is 31.2. The fourth-order valence-electron chi connectivity index (χ4n) is 8.00. The van der Waals surface area contributed by atoms with E-state index in [-0.39, 0.29) is 26.2 Å². The molecule has 9 nitrogen and oxygen atoms in total. The molecule has 0 spiro atoms. The van der Waals surface area contributed by atoms with Crippen molar-refractivity contribution in [2.75, 3.05) is 19.8 Å². The Morgan fingerprint density at radius 2 is 0.900 bits per heavy atom. The van der Waals surface area contributed by atoms with Crippen molar-refractivity contribution in [3.05, 3.63) is 12.2 Å². The molecule has 4 unspecified atom stereocenters. The first-order valence-electron chi connectivity index (χ1n) is 25.9. The van der Waals surface area contributed by atoms with E-state index in [0.717, 1.165) is 44.9 Å². The Labute approximate surface area is 371 Å². The number of phosphoric ester groups is 1. The molecular weight excluding hydrogens is 772 g/mol. The maximum Gasteiger partial charge on any atom is 0.472 e. The lowest BCUT2D eigenvalue weighted by molar-refractivity contribution is -0.125. The summed E-state index contributed by atoms with van der Waals surface area (Å²) in [5.74, 6) is -0.413. The highest BCUT2D eigenvalue weighted by Gasteiger charge is 2.28. The van der Waals surface area contributed by atoms with Gasteiger partial charge in [0.05, 0.1) is 37.9 Å². The van der Waals surface area contributed by atoms with Gasteiger partial charge in [0.1, 0.15) is 0 Å². The average molecular weight is 873 g/mol. The number of hydrogen-bond acceptors (Lipinski definition) is 7. The predicted molar refractivity (Wildman–Crippen MR) is 255 cm³/mol. The van der Waals surface area contributed by atoms with Gasteiger partial charge in [0, 0.05) is 6.54 Å². The molecule has 0 saturated heterocycles. The van der Waals surface area contributed by atoms with E-state index in [4.69, 9.17) is 14.8 Å². The molecule has 4 atom stereocenters. The number of rotatable bonds is 49. The second-order valence-corrected chi connectivity index (χ2v) is 19.4. The molecule has 0 fully saturated rings. The van der Waals surface area contributed by atoms with Crippen molar-refractivity contribution in [1.82, 2.24) is 5.32 Å². The van der Waals surface area contributed by atoms with Crippen LogP contribution in [0.25, 0.3) is 0 Å². The van der Waals surface area contributed by atoms with Crippen molar-refractivity contribution in [1.29, 1.82) is 0 Å². The van der Waals surface area contributed by atoms with E-state index in [9.17, 15) is 24.5 Å². The van der Waals surface area contributed by atoms with Crippen LogP contribution in [0.5, 0.6) is 0 Å². The quantitative estimate of drug-likeness (QED) is 0.0230. The first-order valence-corrected chi connectivity index (χ1v) is 27.4. The summed E-state index contributed by atoms with van der Waals surface area (Å²) in [6.07, 6.45) is 49.8. The number of carbonyl (C=O) groups excluding carboxylic acids is 1. The van der Waals surface area contributed by atoms with Crippen LogP contribution in [0.3, 0.4) is 0 Å². The molecule has 358 valence electrons. The molecule has 0 aliphatic rings. The second kappa shape index (κ2) is 46.2. The van der Waals surface area contributed by atoms with Gasteiger partial charge < -0.3 is 26.2 Å². The molecule has 0 bridgehead atoms. The lowest BCUT2D eigenvalue weighted by atomic mass is 10.0. The van der Waals surface area contributed by atoms with Crippen molar-refractivity contribution in [2.24, 2.45) is 5.73 Å². The van der Waals surface area contributed by atoms with E-state index in [0.29, 0.717) is 12.8 Å². The molecule has 60 heavy (non-hydrogen) atoms. The molecule has 6 N–H and O–H groups in total. The van der Waals surface area contributed by atoms with Crippen LogP contribution in [0.15, 0.2) is 12.2 Å². The van der Waals surface area contributed by atoms with Gasteiger partial charge in [-0.1, -0.05) is 231 Å². The number of phosphoric acid groups is 1. The summed E-state index contributed by atoms with van der Waals surface area (Å²) in [6.45, 7) is 4.08. The Bertz CT molecular complexity index is 971. The van der Waals surface area contributed by atoms with Gasteiger partial charge in [-0.25, -0.2) is 4.57 Å². The first-order chi connectivity index (χ1) is 29.3. The maximum absolute atomic E-state index is 12.9. The summed E-state index contributed by atoms with van der Waals surface area (Å²) < 4.78 is 22.2. The highest BCUT2D eigenvalue weighted by molar-refractivity contribution is 7.47. The maximum atomic E-state index is 12.9. The van der Waals surface area contributed by atoms with Gasteiger partial charge in [-0.2, -0.15) is 0 Å². The number of amides is 1. The Balaban J connectivity index is 4.13. The molecule has 10 heteroatoms. The average Bonchev–Trinajstić information content (AvgIpc) is 3.23. The molecular formula is C50H101N2O7P. The third-order valence-electron chi connectivity index (χ3n) is 11.9. The minimum absolute atomic E-state index is 0.0603. The van der Waals surface area contributed by atoms with Gasteiger partial charge in [0.2, 0.25) is 5.91 Å². The molecule has 0 aromatic rings. The Morgan fingerprint density at radius 3 is 1.28 bits per heavy atom. The van der Waals surface area contributed by atoms with Crippen molar-refractivity contribution in [2.45, 2.75) is 283 Å². The normalized spacial score (nSPS) is 14.4. The number of nitrogens with one attached hydrogen (secondary N) is 1. The summed E-state index contributed by atoms with van der Waals surface area (Å²) >= 11 is 0. The van der Waals surface area contributed by atoms with Crippen LogP contribution >= 0.6 is 7.82 Å². The van der Waals surface area contributed by atoms with E-state index in [1.165, 1.54) is 186 Å². The van der Waals surface area contributed by atoms with Crippen molar-refractivity contribution < 1.29 is 33.5 Å². The van der Waals surface area contributed by atoms with Crippen LogP contribution in [0.1, 0.15) is 264 Å². The van der Waals surface area contributed by atoms with Gasteiger partial charge >= 0.3 is 7.82 Å². The van der Waals surface area contributed by atoms with Crippen LogP contribution in [0, 0.1) is 0 Å². The van der Waals surface area contributed by atoms with Crippen LogP contribution in [0.2, 0.25) is 0 Å². The number of carbonyl (C=O) groups is 1. The SMILES string of the molecule is CCCCCCCCCCCCCC/C=C\CCCCCCCC(O)CC(=O)NC(COP(=O)(O)OCCN)C(O)CCCCCCCCCCCCCCCCCCC. The molecule has 0 aliphatic heterocycles. The summed E-state index contributed by atoms with van der Waals surface area (Å²) in [5.41, 5.74) is 5.39. The smallest absolute Gasteiger partial charge is 0.393 e. The fourth-order valence-corrected chi connectivity index (χ4v) is 8.76. The number of unbranched alkanes of at least 4 members (excludes halogenated alkanes) is 33. The second-order valence-electron chi connectivity index (χ2n) is 17.9. The first kappa shape index (κ1) is 59.2. The zero-order chi connectivity index (χ0) is 44.0. The molecule has 0 rings (SSSR count). The van der Waals surface area contributed by atoms with Crippen molar-refractivity contribution >= 4 is 13.7 Å². The van der Waals surface area contributed by atoms with Crippen molar-refractivity contribution in [3.8, 4) is 0 Å². The van der Waals surface area contributed by atoms with Gasteiger partial charge in [-0.3, -0.25) is 13.8 Å². The molecule has 1 amide bonds. The number of nitrogens with two attached hydrogens (primary N) is 1. The monoisotopic (exact) mass is 873 g/mol. The van der Waals surface area contributed by atoms with E-state index in [1.807, 2.05) is 0 Å². The minimum atomic E-state index is -4.38. The lowest BCUT2D eigenvalue weighted by Crippen LogP contribution is -2.47. The highest BCUT2D eigenvalue weighted by Crippen LogP contribution is 2.43. The summed E-state index contributed by atoms with van der Waals surface area (Å²) in [6, 6.07) is -0.897. The molecule has 0 heterocycles. The fraction of sp³-hybridized carbons (Fsp3) is 0.940. The molecule has 0 saturated carbocycles. The third kappa shape index (κ3) is 43.8. The van der Waals surface area contributed by atoms with Crippen molar-refractivity contribution in [3.63, 3.8) is 0 Å². The van der Waals surface area contributed by atoms with Crippen LogP contribution in [0.4, 0.5) is 0 Å². The van der Waals surface area contributed by atoms with Gasteiger partial charge in [-0.05, 0) is 38.5 Å².